The lowest BCUT2D eigenvalue weighted by atomic mass is 10.2. The van der Waals surface area contributed by atoms with Gasteiger partial charge in [0.25, 0.3) is 5.91 Å². The Kier molecular flexibility index (Phi) is 7.71. The molecule has 0 saturated carbocycles. The highest BCUT2D eigenvalue weighted by atomic mass is 35.5. The van der Waals surface area contributed by atoms with E-state index in [0.717, 1.165) is 15.3 Å². The van der Waals surface area contributed by atoms with Gasteiger partial charge in [-0.25, -0.2) is 8.42 Å². The number of thiophene rings is 1. The molecule has 182 valence electrons. The first-order valence-electron chi connectivity index (χ1n) is 10.8. The van der Waals surface area contributed by atoms with Crippen molar-refractivity contribution in [1.29, 1.82) is 5.41 Å². The summed E-state index contributed by atoms with van der Waals surface area (Å²) in [5.41, 5.74) is 1.79. The van der Waals surface area contributed by atoms with Gasteiger partial charge in [0.1, 0.15) is 5.71 Å². The number of sulfone groups is 1. The van der Waals surface area contributed by atoms with E-state index >= 15 is 0 Å². The van der Waals surface area contributed by atoms with Crippen molar-refractivity contribution in [2.75, 3.05) is 37.9 Å². The normalized spacial score (nSPS) is 14.6. The van der Waals surface area contributed by atoms with Crippen LogP contribution >= 0.6 is 22.9 Å². The fourth-order valence-electron chi connectivity index (χ4n) is 3.54. The van der Waals surface area contributed by atoms with Crippen LogP contribution in [0, 0.1) is 5.41 Å². The first-order chi connectivity index (χ1) is 16.7. The van der Waals surface area contributed by atoms with Crippen LogP contribution in [0.3, 0.4) is 0 Å². The summed E-state index contributed by atoms with van der Waals surface area (Å²) in [4.78, 5) is 16.3. The van der Waals surface area contributed by atoms with E-state index in [-0.39, 0.29) is 16.5 Å². The van der Waals surface area contributed by atoms with Gasteiger partial charge in [-0.15, -0.1) is 11.3 Å². The SMILES string of the molecule is CS(=O)(=O)c1cccc(-c2ccc(/C(=C/C(=N)C(=O)N3CCOCC3)Nc3ccccc3Cl)s2)c1. The molecule has 2 heterocycles. The standard InChI is InChI=1S/C25H24ClN3O4S2/c1-35(31,32)18-6-4-5-17(15-18)23-9-10-24(34-23)22(28-21-8-3-2-7-19(21)26)16-20(27)25(30)29-11-13-33-14-12-29/h2-10,15-16,27-28H,11-14H2,1H3/b22-16-,27-20?. The van der Waals surface area contributed by atoms with Gasteiger partial charge in [-0.2, -0.15) is 0 Å². The fourth-order valence-corrected chi connectivity index (χ4v) is 5.36. The van der Waals surface area contributed by atoms with E-state index in [1.807, 2.05) is 36.4 Å². The smallest absolute Gasteiger partial charge is 0.271 e. The van der Waals surface area contributed by atoms with Crippen molar-refractivity contribution in [3.05, 3.63) is 76.6 Å². The number of carbonyl (C=O) groups excluding carboxylic acids is 1. The third-order valence-corrected chi connectivity index (χ3v) is 7.99. The molecule has 1 amide bonds. The molecule has 2 aromatic carbocycles. The Morgan fingerprint density at radius 2 is 1.86 bits per heavy atom. The largest absolute Gasteiger partial charge is 0.378 e. The molecular formula is C25H24ClN3O4S2. The van der Waals surface area contributed by atoms with Crippen LogP contribution in [0.25, 0.3) is 16.1 Å². The first-order valence-corrected chi connectivity index (χ1v) is 13.9. The van der Waals surface area contributed by atoms with Crippen LogP contribution in [0.2, 0.25) is 5.02 Å². The quantitative estimate of drug-likeness (QED) is 0.428. The molecule has 10 heteroatoms. The van der Waals surface area contributed by atoms with Crippen molar-refractivity contribution in [2.45, 2.75) is 4.90 Å². The summed E-state index contributed by atoms with van der Waals surface area (Å²) < 4.78 is 29.3. The summed E-state index contributed by atoms with van der Waals surface area (Å²) in [5.74, 6) is -0.371. The van der Waals surface area contributed by atoms with Gasteiger partial charge >= 0.3 is 0 Å². The number of anilines is 1. The molecule has 3 aromatic rings. The summed E-state index contributed by atoms with van der Waals surface area (Å²) in [5, 5.41) is 12.2. The van der Waals surface area contributed by atoms with Gasteiger partial charge in [-0.1, -0.05) is 35.9 Å². The molecule has 4 rings (SSSR count). The lowest BCUT2D eigenvalue weighted by Crippen LogP contribution is -2.43. The third kappa shape index (κ3) is 6.18. The molecule has 35 heavy (non-hydrogen) atoms. The van der Waals surface area contributed by atoms with E-state index in [0.29, 0.717) is 42.7 Å². The van der Waals surface area contributed by atoms with E-state index < -0.39 is 9.84 Å². The van der Waals surface area contributed by atoms with Crippen LogP contribution < -0.4 is 5.32 Å². The molecule has 0 radical (unpaired) electrons. The highest BCUT2D eigenvalue weighted by Crippen LogP contribution is 2.34. The van der Waals surface area contributed by atoms with Crippen LogP contribution in [0.5, 0.6) is 0 Å². The number of para-hydroxylation sites is 1. The van der Waals surface area contributed by atoms with E-state index in [1.165, 1.54) is 23.7 Å². The maximum Gasteiger partial charge on any atom is 0.271 e. The summed E-state index contributed by atoms with van der Waals surface area (Å²) >= 11 is 7.77. The third-order valence-electron chi connectivity index (χ3n) is 5.38. The number of morpholine rings is 1. The summed E-state index contributed by atoms with van der Waals surface area (Å²) in [6.45, 7) is 1.80. The van der Waals surface area contributed by atoms with Gasteiger partial charge in [0, 0.05) is 24.2 Å². The molecule has 2 N–H and O–H groups in total. The number of halogens is 1. The zero-order valence-electron chi connectivity index (χ0n) is 19.0. The fraction of sp³-hybridized carbons (Fsp3) is 0.200. The van der Waals surface area contributed by atoms with E-state index in [1.54, 1.807) is 29.2 Å². The lowest BCUT2D eigenvalue weighted by Gasteiger charge is -2.26. The minimum Gasteiger partial charge on any atom is -0.378 e. The molecular weight excluding hydrogens is 506 g/mol. The second kappa shape index (κ2) is 10.7. The van der Waals surface area contributed by atoms with Crippen molar-refractivity contribution in [3.8, 4) is 10.4 Å². The Morgan fingerprint density at radius 3 is 2.57 bits per heavy atom. The van der Waals surface area contributed by atoms with E-state index in [2.05, 4.69) is 5.32 Å². The van der Waals surface area contributed by atoms with Gasteiger partial charge in [0.05, 0.1) is 39.4 Å². The Labute approximate surface area is 213 Å². The predicted octanol–water partition coefficient (Wildman–Crippen LogP) is 4.80. The Balaban J connectivity index is 1.68. The molecule has 1 saturated heterocycles. The molecule has 0 atom stereocenters. The summed E-state index contributed by atoms with van der Waals surface area (Å²) in [6, 6.07) is 17.7. The van der Waals surface area contributed by atoms with Crippen LogP contribution in [-0.4, -0.2) is 57.5 Å². The number of carbonyl (C=O) groups is 1. The van der Waals surface area contributed by atoms with Gasteiger partial charge in [0.15, 0.2) is 9.84 Å². The maximum atomic E-state index is 12.8. The van der Waals surface area contributed by atoms with Crippen molar-refractivity contribution >= 4 is 55.8 Å². The number of hydrogen-bond donors (Lipinski definition) is 2. The Morgan fingerprint density at radius 1 is 1.11 bits per heavy atom. The van der Waals surface area contributed by atoms with Crippen LogP contribution in [0.1, 0.15) is 4.88 Å². The monoisotopic (exact) mass is 529 g/mol. The average Bonchev–Trinajstić information content (AvgIpc) is 3.35. The van der Waals surface area contributed by atoms with Crippen LogP contribution in [0.4, 0.5) is 5.69 Å². The van der Waals surface area contributed by atoms with Gasteiger partial charge in [0.2, 0.25) is 0 Å². The van der Waals surface area contributed by atoms with E-state index in [4.69, 9.17) is 21.7 Å². The van der Waals surface area contributed by atoms with E-state index in [9.17, 15) is 13.2 Å². The van der Waals surface area contributed by atoms with Crippen molar-refractivity contribution < 1.29 is 17.9 Å². The zero-order chi connectivity index (χ0) is 25.0. The minimum absolute atomic E-state index is 0.157. The van der Waals surface area contributed by atoms with Crippen LogP contribution in [0.15, 0.2) is 71.6 Å². The molecule has 1 aromatic heterocycles. The number of ether oxygens (including phenoxy) is 1. The predicted molar refractivity (Wildman–Crippen MR) is 141 cm³/mol. The highest BCUT2D eigenvalue weighted by molar-refractivity contribution is 7.90. The highest BCUT2D eigenvalue weighted by Gasteiger charge is 2.21. The zero-order valence-corrected chi connectivity index (χ0v) is 21.3. The summed E-state index contributed by atoms with van der Waals surface area (Å²) in [6.07, 6.45) is 2.68. The molecule has 1 aliphatic rings. The van der Waals surface area contributed by atoms with Crippen molar-refractivity contribution in [3.63, 3.8) is 0 Å². The average molecular weight is 530 g/mol. The Bertz CT molecular complexity index is 1390. The number of nitrogens with zero attached hydrogens (tertiary/aromatic N) is 1. The second-order valence-electron chi connectivity index (χ2n) is 7.95. The van der Waals surface area contributed by atoms with Gasteiger partial charge in [-0.3, -0.25) is 10.2 Å². The lowest BCUT2D eigenvalue weighted by molar-refractivity contribution is -0.127. The molecule has 1 fully saturated rings. The number of rotatable bonds is 7. The summed E-state index contributed by atoms with van der Waals surface area (Å²) in [7, 11) is -3.34. The number of nitrogens with one attached hydrogen (secondary N) is 2. The number of benzene rings is 2. The molecule has 0 bridgehead atoms. The molecule has 0 aliphatic carbocycles. The molecule has 0 unspecified atom stereocenters. The maximum absolute atomic E-state index is 12.8. The minimum atomic E-state index is -3.34. The molecule has 0 spiro atoms. The topological polar surface area (TPSA) is 99.6 Å². The Hall–Kier alpha value is -2.98. The first kappa shape index (κ1) is 25.1. The second-order valence-corrected chi connectivity index (χ2v) is 11.5. The van der Waals surface area contributed by atoms with Gasteiger partial charge < -0.3 is 15.0 Å². The number of hydrogen-bond acceptors (Lipinski definition) is 7. The van der Waals surface area contributed by atoms with Crippen LogP contribution in [-0.2, 0) is 19.4 Å². The molecule has 1 aliphatic heterocycles. The van der Waals surface area contributed by atoms with Crippen molar-refractivity contribution in [2.24, 2.45) is 0 Å². The van der Waals surface area contributed by atoms with Crippen molar-refractivity contribution in [1.82, 2.24) is 4.90 Å². The van der Waals surface area contributed by atoms with Gasteiger partial charge in [-0.05, 0) is 48.0 Å². The molecule has 7 nitrogen and oxygen atoms in total. The number of amides is 1.